The van der Waals surface area contributed by atoms with Gasteiger partial charge in [0.05, 0.1) is 6.61 Å². The number of nitrogens with one attached hydrogen (secondary N) is 1. The van der Waals surface area contributed by atoms with Crippen LogP contribution in [0.5, 0.6) is 0 Å². The molecule has 0 aromatic heterocycles. The van der Waals surface area contributed by atoms with Crippen molar-refractivity contribution in [1.82, 2.24) is 5.32 Å². The quantitative estimate of drug-likeness (QED) is 0.394. The van der Waals surface area contributed by atoms with Crippen LogP contribution in [0.3, 0.4) is 0 Å². The van der Waals surface area contributed by atoms with Gasteiger partial charge in [-0.25, -0.2) is 4.79 Å². The number of unbranched alkanes of at least 4 members (excludes halogenated alkanes) is 4. The Kier molecular flexibility index (Phi) is 43.5. The first-order chi connectivity index (χ1) is 10.5. The summed E-state index contributed by atoms with van der Waals surface area (Å²) in [5.41, 5.74) is 0. The predicted molar refractivity (Wildman–Crippen MR) is 95.9 cm³/mol. The Bertz CT molecular complexity index is 176. The van der Waals surface area contributed by atoms with Gasteiger partial charge < -0.3 is 20.6 Å². The highest BCUT2D eigenvalue weighted by Gasteiger charge is 1.87. The molecule has 0 saturated heterocycles. The SMILES string of the molecule is CC.CC(C)CO.CCCCCCCCl.O=C(O)NCCO. The fourth-order valence-corrected chi connectivity index (χ4v) is 1.05. The average Bonchev–Trinajstić information content (AvgIpc) is 2.52. The van der Waals surface area contributed by atoms with Gasteiger partial charge in [0.15, 0.2) is 0 Å². The lowest BCUT2D eigenvalue weighted by Crippen LogP contribution is -2.23. The second kappa shape index (κ2) is 32.4. The Hall–Kier alpha value is -0.520. The van der Waals surface area contributed by atoms with E-state index in [9.17, 15) is 4.79 Å². The standard InChI is InChI=1S/C7H15Cl.C4H10O.C3H7NO3.C2H6/c1-2-3-4-5-6-7-8;1-4(2)3-5;5-2-1-4-3(6)7;1-2/h2-7H2,1H3;4-5H,3H2,1-2H3;4-5H,1-2H2,(H,6,7);1-2H3. The Morgan fingerprint density at radius 1 is 1.09 bits per heavy atom. The van der Waals surface area contributed by atoms with Gasteiger partial charge in [-0.3, -0.25) is 0 Å². The molecule has 0 unspecified atom stereocenters. The van der Waals surface area contributed by atoms with Crippen LogP contribution in [0.25, 0.3) is 0 Å². The number of aliphatic hydroxyl groups is 2. The van der Waals surface area contributed by atoms with Gasteiger partial charge in [0, 0.05) is 19.0 Å². The van der Waals surface area contributed by atoms with Crippen LogP contribution in [0.1, 0.15) is 66.7 Å². The molecule has 138 valence electrons. The first-order valence-corrected chi connectivity index (χ1v) is 8.74. The predicted octanol–water partition coefficient (Wildman–Crippen LogP) is 4.10. The van der Waals surface area contributed by atoms with Crippen molar-refractivity contribution in [2.45, 2.75) is 66.7 Å². The third kappa shape index (κ3) is 60.6. The van der Waals surface area contributed by atoms with Crippen molar-refractivity contribution in [1.29, 1.82) is 0 Å². The second-order valence-corrected chi connectivity index (χ2v) is 5.01. The highest BCUT2D eigenvalue weighted by Crippen LogP contribution is 2.02. The molecule has 1 amide bonds. The number of rotatable bonds is 8. The average molecular weight is 344 g/mol. The molecule has 4 N–H and O–H groups in total. The molecular formula is C16H38ClNO4. The number of aliphatic hydroxyl groups excluding tert-OH is 2. The lowest BCUT2D eigenvalue weighted by molar-refractivity contribution is 0.190. The summed E-state index contributed by atoms with van der Waals surface area (Å²) in [6.07, 6.45) is 5.47. The maximum Gasteiger partial charge on any atom is 0.404 e. The van der Waals surface area contributed by atoms with Crippen LogP contribution in [0, 0.1) is 5.92 Å². The van der Waals surface area contributed by atoms with E-state index >= 15 is 0 Å². The van der Waals surface area contributed by atoms with Crippen molar-refractivity contribution < 1.29 is 20.1 Å². The minimum atomic E-state index is -1.10. The van der Waals surface area contributed by atoms with Crippen LogP contribution >= 0.6 is 11.6 Å². The van der Waals surface area contributed by atoms with Crippen LogP contribution < -0.4 is 5.32 Å². The van der Waals surface area contributed by atoms with Crippen LogP contribution in [0.4, 0.5) is 4.79 Å². The molecule has 0 heterocycles. The lowest BCUT2D eigenvalue weighted by atomic mass is 10.2. The summed E-state index contributed by atoms with van der Waals surface area (Å²) in [7, 11) is 0. The molecule has 0 atom stereocenters. The molecular weight excluding hydrogens is 306 g/mol. The van der Waals surface area contributed by atoms with Crippen LogP contribution in [-0.4, -0.2) is 47.1 Å². The van der Waals surface area contributed by atoms with Crippen molar-refractivity contribution in [3.63, 3.8) is 0 Å². The summed E-state index contributed by atoms with van der Waals surface area (Å²) >= 11 is 5.48. The first-order valence-electron chi connectivity index (χ1n) is 8.20. The Balaban J connectivity index is -0.000000107. The van der Waals surface area contributed by atoms with Crippen molar-refractivity contribution >= 4 is 17.7 Å². The van der Waals surface area contributed by atoms with Crippen molar-refractivity contribution in [3.05, 3.63) is 0 Å². The monoisotopic (exact) mass is 343 g/mol. The van der Waals surface area contributed by atoms with Gasteiger partial charge in [-0.2, -0.15) is 0 Å². The van der Waals surface area contributed by atoms with E-state index in [2.05, 4.69) is 6.92 Å². The summed E-state index contributed by atoms with van der Waals surface area (Å²) in [6, 6.07) is 0. The zero-order valence-corrected chi connectivity index (χ0v) is 15.8. The maximum atomic E-state index is 9.54. The number of hydrogen-bond donors (Lipinski definition) is 4. The zero-order valence-electron chi connectivity index (χ0n) is 15.1. The summed E-state index contributed by atoms with van der Waals surface area (Å²) in [6.45, 7) is 10.4. The van der Waals surface area contributed by atoms with Crippen LogP contribution in [0.15, 0.2) is 0 Å². The van der Waals surface area contributed by atoms with E-state index in [0.29, 0.717) is 12.5 Å². The van der Waals surface area contributed by atoms with Gasteiger partial charge in [0.2, 0.25) is 0 Å². The highest BCUT2D eigenvalue weighted by molar-refractivity contribution is 6.17. The minimum absolute atomic E-state index is 0.106. The molecule has 0 aromatic carbocycles. The molecule has 0 saturated carbocycles. The molecule has 0 rings (SSSR count). The molecule has 0 aliphatic rings. The minimum Gasteiger partial charge on any atom is -0.465 e. The van der Waals surface area contributed by atoms with Gasteiger partial charge in [0.1, 0.15) is 0 Å². The zero-order chi connectivity index (χ0) is 18.2. The van der Waals surface area contributed by atoms with Crippen LogP contribution in [0.2, 0.25) is 0 Å². The number of halogens is 1. The fraction of sp³-hybridized carbons (Fsp3) is 0.938. The molecule has 0 fully saturated rings. The molecule has 0 aliphatic heterocycles. The summed E-state index contributed by atoms with van der Waals surface area (Å²) in [4.78, 5) is 9.54. The van der Waals surface area contributed by atoms with E-state index in [1.165, 1.54) is 32.1 Å². The Labute approximate surface area is 142 Å². The summed E-state index contributed by atoms with van der Waals surface area (Å²) in [5.74, 6) is 1.28. The van der Waals surface area contributed by atoms with E-state index in [4.69, 9.17) is 26.9 Å². The number of amides is 1. The number of hydrogen-bond acceptors (Lipinski definition) is 3. The summed E-state index contributed by atoms with van der Waals surface area (Å²) in [5, 5.41) is 25.9. The van der Waals surface area contributed by atoms with E-state index in [1.54, 1.807) is 0 Å². The maximum absolute atomic E-state index is 9.54. The Morgan fingerprint density at radius 3 is 1.77 bits per heavy atom. The summed E-state index contributed by atoms with van der Waals surface area (Å²) < 4.78 is 0. The topological polar surface area (TPSA) is 89.8 Å². The van der Waals surface area contributed by atoms with E-state index in [1.807, 2.05) is 33.0 Å². The van der Waals surface area contributed by atoms with E-state index in [-0.39, 0.29) is 13.2 Å². The second-order valence-electron chi connectivity index (χ2n) is 4.64. The van der Waals surface area contributed by atoms with E-state index in [0.717, 1.165) is 5.88 Å². The normalized spacial score (nSPS) is 8.59. The van der Waals surface area contributed by atoms with Gasteiger partial charge in [-0.15, -0.1) is 11.6 Å². The third-order valence-electron chi connectivity index (χ3n) is 1.99. The van der Waals surface area contributed by atoms with Crippen molar-refractivity contribution in [2.75, 3.05) is 25.6 Å². The molecule has 6 heteroatoms. The molecule has 0 aliphatic carbocycles. The van der Waals surface area contributed by atoms with E-state index < -0.39 is 6.09 Å². The fourth-order valence-electron chi connectivity index (χ4n) is 0.861. The smallest absolute Gasteiger partial charge is 0.404 e. The number of carboxylic acid groups (broad SMARTS) is 1. The lowest BCUT2D eigenvalue weighted by Gasteiger charge is -1.93. The Morgan fingerprint density at radius 2 is 1.55 bits per heavy atom. The first kappa shape index (κ1) is 29.5. The van der Waals surface area contributed by atoms with Gasteiger partial charge in [-0.1, -0.05) is 60.3 Å². The van der Waals surface area contributed by atoms with Crippen LogP contribution in [-0.2, 0) is 0 Å². The molecule has 0 bridgehead atoms. The molecule has 0 radical (unpaired) electrons. The largest absolute Gasteiger partial charge is 0.465 e. The van der Waals surface area contributed by atoms with Crippen molar-refractivity contribution in [2.24, 2.45) is 5.92 Å². The van der Waals surface area contributed by atoms with Gasteiger partial charge in [-0.05, 0) is 12.3 Å². The molecule has 22 heavy (non-hydrogen) atoms. The molecule has 0 aromatic rings. The van der Waals surface area contributed by atoms with Crippen molar-refractivity contribution in [3.8, 4) is 0 Å². The molecule has 0 spiro atoms. The number of alkyl halides is 1. The third-order valence-corrected chi connectivity index (χ3v) is 2.26. The number of carbonyl (C=O) groups is 1. The van der Waals surface area contributed by atoms with Gasteiger partial charge in [0.25, 0.3) is 0 Å². The molecule has 5 nitrogen and oxygen atoms in total. The highest BCUT2D eigenvalue weighted by atomic mass is 35.5. The van der Waals surface area contributed by atoms with Gasteiger partial charge >= 0.3 is 6.09 Å².